The van der Waals surface area contributed by atoms with Gasteiger partial charge in [0.1, 0.15) is 30.3 Å². The smallest absolute Gasteiger partial charge is 0.163 e. The maximum Gasteiger partial charge on any atom is 0.163 e. The standard InChI is InChI=1S/C23H27FN4O4/c1-14-19(29)6-5-17(24)22(14)28-23-16-10-20(30-2)21(11-18(16)26-13-27-23)32-9-7-25-12-15-4-3-8-31-15/h5-6,10-11,13,15,25,29H,3-4,7-9,12H2,1-2H3,(H,26,27,28). The molecule has 0 bridgehead atoms. The molecule has 1 aliphatic heterocycles. The van der Waals surface area contributed by atoms with Gasteiger partial charge in [-0.2, -0.15) is 0 Å². The summed E-state index contributed by atoms with van der Waals surface area (Å²) in [5.41, 5.74) is 1.16. The Bertz CT molecular complexity index is 1090. The summed E-state index contributed by atoms with van der Waals surface area (Å²) in [4.78, 5) is 8.57. The van der Waals surface area contributed by atoms with E-state index in [1.807, 2.05) is 0 Å². The molecular weight excluding hydrogens is 415 g/mol. The van der Waals surface area contributed by atoms with Crippen molar-refractivity contribution in [1.82, 2.24) is 15.3 Å². The number of hydrogen-bond donors (Lipinski definition) is 3. The fraction of sp³-hybridized carbons (Fsp3) is 0.391. The first kappa shape index (κ1) is 22.0. The zero-order valence-electron chi connectivity index (χ0n) is 18.2. The maximum absolute atomic E-state index is 14.4. The third-order valence-electron chi connectivity index (χ3n) is 5.48. The third-order valence-corrected chi connectivity index (χ3v) is 5.48. The van der Waals surface area contributed by atoms with Crippen LogP contribution in [-0.4, -0.2) is 54.6 Å². The second kappa shape index (κ2) is 9.97. The third kappa shape index (κ3) is 4.84. The maximum atomic E-state index is 14.4. The van der Waals surface area contributed by atoms with Gasteiger partial charge in [-0.1, -0.05) is 0 Å². The normalized spacial score (nSPS) is 15.8. The van der Waals surface area contributed by atoms with Gasteiger partial charge in [-0.3, -0.25) is 0 Å². The number of phenols is 1. The molecule has 32 heavy (non-hydrogen) atoms. The van der Waals surface area contributed by atoms with E-state index < -0.39 is 5.82 Å². The molecule has 2 heterocycles. The molecule has 9 heteroatoms. The van der Waals surface area contributed by atoms with E-state index in [0.717, 1.165) is 26.0 Å². The highest BCUT2D eigenvalue weighted by Crippen LogP contribution is 2.36. The van der Waals surface area contributed by atoms with Crippen molar-refractivity contribution in [3.8, 4) is 17.2 Å². The van der Waals surface area contributed by atoms with Crippen LogP contribution in [0, 0.1) is 12.7 Å². The molecule has 0 aliphatic carbocycles. The Balaban J connectivity index is 1.50. The molecule has 3 N–H and O–H groups in total. The zero-order chi connectivity index (χ0) is 22.5. The van der Waals surface area contributed by atoms with Crippen molar-refractivity contribution in [2.45, 2.75) is 25.9 Å². The van der Waals surface area contributed by atoms with Crippen LogP contribution in [0.25, 0.3) is 10.9 Å². The van der Waals surface area contributed by atoms with Crippen LogP contribution in [0.1, 0.15) is 18.4 Å². The van der Waals surface area contributed by atoms with Crippen molar-refractivity contribution in [1.29, 1.82) is 0 Å². The number of methoxy groups -OCH3 is 1. The lowest BCUT2D eigenvalue weighted by Crippen LogP contribution is -2.29. The van der Waals surface area contributed by atoms with E-state index >= 15 is 0 Å². The number of ether oxygens (including phenoxy) is 3. The van der Waals surface area contributed by atoms with E-state index in [0.29, 0.717) is 46.9 Å². The van der Waals surface area contributed by atoms with Gasteiger partial charge in [0, 0.05) is 36.7 Å². The average molecular weight is 442 g/mol. The summed E-state index contributed by atoms with van der Waals surface area (Å²) >= 11 is 0. The fourth-order valence-corrected chi connectivity index (χ4v) is 3.68. The van der Waals surface area contributed by atoms with Crippen molar-refractivity contribution in [3.05, 3.63) is 42.0 Å². The van der Waals surface area contributed by atoms with Crippen molar-refractivity contribution < 1.29 is 23.7 Å². The first-order valence-electron chi connectivity index (χ1n) is 10.6. The molecule has 0 amide bonds. The molecule has 1 fully saturated rings. The lowest BCUT2D eigenvalue weighted by Gasteiger charge is -2.16. The zero-order valence-corrected chi connectivity index (χ0v) is 18.2. The number of halogens is 1. The molecule has 0 saturated carbocycles. The number of fused-ring (bicyclic) bond motifs is 1. The van der Waals surface area contributed by atoms with Gasteiger partial charge >= 0.3 is 0 Å². The second-order valence-electron chi connectivity index (χ2n) is 7.62. The Morgan fingerprint density at radius 3 is 2.91 bits per heavy atom. The topological polar surface area (TPSA) is 97.8 Å². The summed E-state index contributed by atoms with van der Waals surface area (Å²) in [6, 6.07) is 6.04. The summed E-state index contributed by atoms with van der Waals surface area (Å²) in [6.45, 7) is 4.41. The quantitative estimate of drug-likeness (QED) is 0.432. The van der Waals surface area contributed by atoms with E-state index in [2.05, 4.69) is 20.6 Å². The molecule has 8 nitrogen and oxygen atoms in total. The molecule has 2 aromatic carbocycles. The molecule has 4 rings (SSSR count). The van der Waals surface area contributed by atoms with E-state index in [1.165, 1.54) is 18.5 Å². The van der Waals surface area contributed by atoms with Crippen LogP contribution < -0.4 is 20.1 Å². The number of nitrogens with one attached hydrogen (secondary N) is 2. The minimum Gasteiger partial charge on any atom is -0.508 e. The Morgan fingerprint density at radius 1 is 1.25 bits per heavy atom. The van der Waals surface area contributed by atoms with Gasteiger partial charge in [0.15, 0.2) is 11.5 Å². The Labute approximate surface area is 185 Å². The molecular formula is C23H27FN4O4. The highest BCUT2D eigenvalue weighted by atomic mass is 19.1. The largest absolute Gasteiger partial charge is 0.508 e. The molecule has 1 aliphatic rings. The van der Waals surface area contributed by atoms with Gasteiger partial charge in [-0.15, -0.1) is 0 Å². The molecule has 0 spiro atoms. The summed E-state index contributed by atoms with van der Waals surface area (Å²) < 4.78 is 31.4. The predicted octanol–water partition coefficient (Wildman–Crippen LogP) is 3.68. The summed E-state index contributed by atoms with van der Waals surface area (Å²) in [6.07, 6.45) is 3.88. The van der Waals surface area contributed by atoms with Crippen LogP contribution in [-0.2, 0) is 4.74 Å². The van der Waals surface area contributed by atoms with E-state index in [9.17, 15) is 9.50 Å². The molecule has 170 valence electrons. The Morgan fingerprint density at radius 2 is 2.12 bits per heavy atom. The number of aromatic hydroxyl groups is 1. The molecule has 1 aromatic heterocycles. The minimum atomic E-state index is -0.491. The summed E-state index contributed by atoms with van der Waals surface area (Å²) in [5, 5.41) is 16.9. The van der Waals surface area contributed by atoms with E-state index in [1.54, 1.807) is 26.2 Å². The average Bonchev–Trinajstić information content (AvgIpc) is 3.32. The SMILES string of the molecule is COc1cc2c(Nc3c(F)ccc(O)c3C)ncnc2cc1OCCNCC1CCCO1. The van der Waals surface area contributed by atoms with Gasteiger partial charge in [-0.05, 0) is 38.0 Å². The van der Waals surface area contributed by atoms with Crippen molar-refractivity contribution in [2.24, 2.45) is 0 Å². The van der Waals surface area contributed by atoms with Crippen LogP contribution in [0.2, 0.25) is 0 Å². The highest BCUT2D eigenvalue weighted by Gasteiger charge is 2.16. The molecule has 0 radical (unpaired) electrons. The summed E-state index contributed by atoms with van der Waals surface area (Å²) in [5.74, 6) is 0.972. The number of phenolic OH excluding ortho intramolecular Hbond substituents is 1. The van der Waals surface area contributed by atoms with E-state index in [4.69, 9.17) is 14.2 Å². The fourth-order valence-electron chi connectivity index (χ4n) is 3.68. The van der Waals surface area contributed by atoms with Crippen LogP contribution in [0.15, 0.2) is 30.6 Å². The molecule has 1 atom stereocenters. The van der Waals surface area contributed by atoms with Crippen LogP contribution in [0.3, 0.4) is 0 Å². The Kier molecular flexibility index (Phi) is 6.87. The monoisotopic (exact) mass is 442 g/mol. The number of nitrogens with zero attached hydrogens (tertiary/aromatic N) is 2. The first-order chi connectivity index (χ1) is 15.6. The molecule has 1 unspecified atom stereocenters. The Hall–Kier alpha value is -3.17. The van der Waals surface area contributed by atoms with Crippen LogP contribution in [0.4, 0.5) is 15.9 Å². The van der Waals surface area contributed by atoms with Crippen molar-refractivity contribution in [3.63, 3.8) is 0 Å². The van der Waals surface area contributed by atoms with Gasteiger partial charge in [0.05, 0.1) is 24.4 Å². The lowest BCUT2D eigenvalue weighted by atomic mass is 10.1. The number of benzene rings is 2. The highest BCUT2D eigenvalue weighted by molar-refractivity contribution is 5.93. The molecule has 3 aromatic rings. The van der Waals surface area contributed by atoms with Gasteiger partial charge in [-0.25, -0.2) is 14.4 Å². The van der Waals surface area contributed by atoms with Crippen molar-refractivity contribution in [2.75, 3.05) is 38.7 Å². The first-order valence-corrected chi connectivity index (χ1v) is 10.6. The van der Waals surface area contributed by atoms with Crippen LogP contribution in [0.5, 0.6) is 17.2 Å². The van der Waals surface area contributed by atoms with Gasteiger partial charge in [0.2, 0.25) is 0 Å². The van der Waals surface area contributed by atoms with Crippen LogP contribution >= 0.6 is 0 Å². The lowest BCUT2D eigenvalue weighted by molar-refractivity contribution is 0.109. The summed E-state index contributed by atoms with van der Waals surface area (Å²) in [7, 11) is 1.56. The van der Waals surface area contributed by atoms with Crippen molar-refractivity contribution >= 4 is 22.4 Å². The van der Waals surface area contributed by atoms with Gasteiger partial charge < -0.3 is 30.0 Å². The van der Waals surface area contributed by atoms with E-state index in [-0.39, 0.29) is 17.5 Å². The number of anilines is 2. The second-order valence-corrected chi connectivity index (χ2v) is 7.62. The predicted molar refractivity (Wildman–Crippen MR) is 120 cm³/mol. The number of hydrogen-bond acceptors (Lipinski definition) is 8. The molecule has 1 saturated heterocycles. The minimum absolute atomic E-state index is 0.00590. The number of rotatable bonds is 9. The van der Waals surface area contributed by atoms with Gasteiger partial charge in [0.25, 0.3) is 0 Å². The number of aromatic nitrogens is 2.